The molecular weight excluding hydrogens is 240 g/mol. The van der Waals surface area contributed by atoms with Gasteiger partial charge in [0, 0.05) is 31.6 Å². The number of ether oxygens (including phenoxy) is 1. The van der Waals surface area contributed by atoms with Crippen LogP contribution in [0.4, 0.5) is 5.13 Å². The second-order valence-electron chi connectivity index (χ2n) is 3.51. The Balaban J connectivity index is 2.19. The van der Waals surface area contributed by atoms with Gasteiger partial charge in [0.2, 0.25) is 0 Å². The number of carbonyl (C=O) groups is 1. The van der Waals surface area contributed by atoms with E-state index >= 15 is 0 Å². The summed E-state index contributed by atoms with van der Waals surface area (Å²) in [5, 5.41) is 14.5. The van der Waals surface area contributed by atoms with Crippen LogP contribution in [0.3, 0.4) is 0 Å². The maximum Gasteiger partial charge on any atom is 0.303 e. The molecule has 2 N–H and O–H groups in total. The molecule has 0 spiro atoms. The van der Waals surface area contributed by atoms with Gasteiger partial charge < -0.3 is 15.2 Å². The zero-order chi connectivity index (χ0) is 12.5. The number of hydrogen-bond donors (Lipinski definition) is 2. The summed E-state index contributed by atoms with van der Waals surface area (Å²) in [4.78, 5) is 14.7. The van der Waals surface area contributed by atoms with Gasteiger partial charge in [-0.25, -0.2) is 4.98 Å². The van der Waals surface area contributed by atoms with Crippen LogP contribution in [0.15, 0.2) is 5.38 Å². The number of hydrogen-bond acceptors (Lipinski definition) is 5. The van der Waals surface area contributed by atoms with E-state index in [4.69, 9.17) is 9.84 Å². The lowest BCUT2D eigenvalue weighted by atomic mass is 10.2. The number of carboxylic acids is 1. The number of aromatic nitrogens is 1. The maximum atomic E-state index is 10.4. The average molecular weight is 258 g/mol. The van der Waals surface area contributed by atoms with Crippen molar-refractivity contribution in [1.82, 2.24) is 4.98 Å². The zero-order valence-corrected chi connectivity index (χ0v) is 10.8. The Labute approximate surface area is 105 Å². The molecule has 0 saturated carbocycles. The summed E-state index contributed by atoms with van der Waals surface area (Å²) in [6.45, 7) is 4.30. The minimum absolute atomic E-state index is 0.132. The van der Waals surface area contributed by atoms with Crippen molar-refractivity contribution in [3.63, 3.8) is 0 Å². The van der Waals surface area contributed by atoms with E-state index in [0.717, 1.165) is 37.0 Å². The second kappa shape index (κ2) is 8.03. The summed E-state index contributed by atoms with van der Waals surface area (Å²) in [5.41, 5.74) is 0.838. The fourth-order valence-corrected chi connectivity index (χ4v) is 2.03. The summed E-state index contributed by atoms with van der Waals surface area (Å²) in [6.07, 6.45) is 1.57. The highest BCUT2D eigenvalue weighted by molar-refractivity contribution is 7.13. The molecule has 6 heteroatoms. The summed E-state index contributed by atoms with van der Waals surface area (Å²) in [7, 11) is 0. The lowest BCUT2D eigenvalue weighted by Gasteiger charge is -2.02. The van der Waals surface area contributed by atoms with Gasteiger partial charge in [0.1, 0.15) is 0 Å². The number of nitrogens with zero attached hydrogens (tertiary/aromatic N) is 1. The first-order valence-electron chi connectivity index (χ1n) is 5.70. The first-order chi connectivity index (χ1) is 8.22. The van der Waals surface area contributed by atoms with Gasteiger partial charge in [0.05, 0.1) is 12.1 Å². The quantitative estimate of drug-likeness (QED) is 0.663. The first kappa shape index (κ1) is 13.9. The van der Waals surface area contributed by atoms with E-state index in [9.17, 15) is 4.79 Å². The molecule has 1 aromatic heterocycles. The fraction of sp³-hybridized carbons (Fsp3) is 0.636. The molecule has 0 aliphatic carbocycles. The summed E-state index contributed by atoms with van der Waals surface area (Å²) in [6, 6.07) is 0. The highest BCUT2D eigenvalue weighted by Gasteiger charge is 2.04. The molecule has 0 aliphatic rings. The van der Waals surface area contributed by atoms with Gasteiger partial charge >= 0.3 is 5.97 Å². The average Bonchev–Trinajstić information content (AvgIpc) is 2.74. The van der Waals surface area contributed by atoms with Crippen LogP contribution >= 0.6 is 11.3 Å². The molecule has 5 nitrogen and oxygen atoms in total. The summed E-state index contributed by atoms with van der Waals surface area (Å²) < 4.78 is 5.22. The van der Waals surface area contributed by atoms with Crippen LogP contribution in [-0.2, 0) is 16.0 Å². The Hall–Kier alpha value is -1.14. The lowest BCUT2D eigenvalue weighted by Crippen LogP contribution is -2.05. The van der Waals surface area contributed by atoms with E-state index in [1.165, 1.54) is 11.3 Å². The van der Waals surface area contributed by atoms with Crippen LogP contribution in [0.25, 0.3) is 0 Å². The minimum atomic E-state index is -0.788. The number of rotatable bonds is 9. The van der Waals surface area contributed by atoms with Crippen LogP contribution in [-0.4, -0.2) is 35.8 Å². The van der Waals surface area contributed by atoms with Gasteiger partial charge in [0.25, 0.3) is 0 Å². The van der Waals surface area contributed by atoms with Crippen LogP contribution < -0.4 is 5.32 Å². The Morgan fingerprint density at radius 1 is 1.65 bits per heavy atom. The van der Waals surface area contributed by atoms with Gasteiger partial charge in [-0.1, -0.05) is 0 Å². The van der Waals surface area contributed by atoms with Crippen molar-refractivity contribution in [2.45, 2.75) is 26.2 Å². The van der Waals surface area contributed by atoms with Crippen LogP contribution in [0.1, 0.15) is 25.5 Å². The SMILES string of the molecule is CCOCCCNc1nc(CCC(=O)O)cs1. The van der Waals surface area contributed by atoms with Gasteiger partial charge in [0.15, 0.2) is 5.13 Å². The standard InChI is InChI=1S/C11H18N2O3S/c1-2-16-7-3-6-12-11-13-9(8-17-11)4-5-10(14)15/h8H,2-7H2,1H3,(H,12,13)(H,14,15). The van der Waals surface area contributed by atoms with Gasteiger partial charge in [-0.05, 0) is 13.3 Å². The Kier molecular flexibility index (Phi) is 6.57. The molecule has 0 atom stereocenters. The molecule has 0 aliphatic heterocycles. The largest absolute Gasteiger partial charge is 0.481 e. The topological polar surface area (TPSA) is 71.5 Å². The second-order valence-corrected chi connectivity index (χ2v) is 4.37. The molecule has 0 bridgehead atoms. The molecule has 0 saturated heterocycles. The molecule has 0 unspecified atom stereocenters. The van der Waals surface area contributed by atoms with E-state index in [2.05, 4.69) is 10.3 Å². The van der Waals surface area contributed by atoms with Gasteiger partial charge in [-0.2, -0.15) is 0 Å². The van der Waals surface area contributed by atoms with Gasteiger partial charge in [-0.15, -0.1) is 11.3 Å². The molecule has 17 heavy (non-hydrogen) atoms. The van der Waals surface area contributed by atoms with Gasteiger partial charge in [-0.3, -0.25) is 4.79 Å². The predicted octanol–water partition coefficient (Wildman–Crippen LogP) is 2.00. The number of anilines is 1. The van der Waals surface area contributed by atoms with E-state index in [-0.39, 0.29) is 6.42 Å². The zero-order valence-electron chi connectivity index (χ0n) is 9.94. The first-order valence-corrected chi connectivity index (χ1v) is 6.58. The number of nitrogens with one attached hydrogen (secondary N) is 1. The molecule has 0 radical (unpaired) electrons. The molecule has 0 fully saturated rings. The maximum absolute atomic E-state index is 10.4. The molecular formula is C11H18N2O3S. The third-order valence-corrected chi connectivity index (χ3v) is 2.94. The summed E-state index contributed by atoms with van der Waals surface area (Å²) in [5.74, 6) is -0.788. The minimum Gasteiger partial charge on any atom is -0.481 e. The van der Waals surface area contributed by atoms with E-state index in [1.54, 1.807) is 0 Å². The third-order valence-electron chi connectivity index (χ3n) is 2.09. The smallest absolute Gasteiger partial charge is 0.303 e. The monoisotopic (exact) mass is 258 g/mol. The fourth-order valence-electron chi connectivity index (χ4n) is 1.25. The van der Waals surface area contributed by atoms with E-state index in [1.807, 2.05) is 12.3 Å². The molecule has 1 rings (SSSR count). The van der Waals surface area contributed by atoms with Crippen LogP contribution in [0.2, 0.25) is 0 Å². The Bertz CT molecular complexity index is 341. The molecule has 1 heterocycles. The van der Waals surface area contributed by atoms with Crippen molar-refractivity contribution in [3.05, 3.63) is 11.1 Å². The van der Waals surface area contributed by atoms with Crippen molar-refractivity contribution in [3.8, 4) is 0 Å². The highest BCUT2D eigenvalue weighted by atomic mass is 32.1. The third kappa shape index (κ3) is 6.23. The number of carboxylic acid groups (broad SMARTS) is 1. The molecule has 0 amide bonds. The molecule has 96 valence electrons. The van der Waals surface area contributed by atoms with Crippen molar-refractivity contribution in [2.24, 2.45) is 0 Å². The summed E-state index contributed by atoms with van der Waals surface area (Å²) >= 11 is 1.51. The number of aliphatic carboxylic acids is 1. The van der Waals surface area contributed by atoms with E-state index in [0.29, 0.717) is 6.42 Å². The number of thiazole rings is 1. The Morgan fingerprint density at radius 2 is 2.47 bits per heavy atom. The van der Waals surface area contributed by atoms with E-state index < -0.39 is 5.97 Å². The van der Waals surface area contributed by atoms with Crippen LogP contribution in [0, 0.1) is 0 Å². The molecule has 1 aromatic rings. The Morgan fingerprint density at radius 3 is 3.18 bits per heavy atom. The highest BCUT2D eigenvalue weighted by Crippen LogP contribution is 2.16. The van der Waals surface area contributed by atoms with Crippen molar-refractivity contribution in [1.29, 1.82) is 0 Å². The number of aryl methyl sites for hydroxylation is 1. The predicted molar refractivity (Wildman–Crippen MR) is 67.7 cm³/mol. The normalized spacial score (nSPS) is 10.4. The van der Waals surface area contributed by atoms with Crippen LogP contribution in [0.5, 0.6) is 0 Å². The lowest BCUT2D eigenvalue weighted by molar-refractivity contribution is -0.136. The molecule has 0 aromatic carbocycles. The van der Waals surface area contributed by atoms with Crippen molar-refractivity contribution in [2.75, 3.05) is 25.1 Å². The van der Waals surface area contributed by atoms with Crippen molar-refractivity contribution < 1.29 is 14.6 Å². The van der Waals surface area contributed by atoms with Crippen molar-refractivity contribution >= 4 is 22.4 Å².